The van der Waals surface area contributed by atoms with Gasteiger partial charge >= 0.3 is 0 Å². The average molecular weight is 354 g/mol. The molecule has 0 spiro atoms. The predicted molar refractivity (Wildman–Crippen MR) is 98.4 cm³/mol. The summed E-state index contributed by atoms with van der Waals surface area (Å²) in [5, 5.41) is 8.46. The van der Waals surface area contributed by atoms with E-state index < -0.39 is 17.8 Å². The van der Waals surface area contributed by atoms with E-state index in [4.69, 9.17) is 5.73 Å². The minimum absolute atomic E-state index is 0.0901. The monoisotopic (exact) mass is 354 g/mol. The van der Waals surface area contributed by atoms with E-state index in [1.165, 1.54) is 29.3 Å². The van der Waals surface area contributed by atoms with Crippen LogP contribution < -0.4 is 16.1 Å². The van der Waals surface area contributed by atoms with Crippen molar-refractivity contribution in [2.75, 3.05) is 10.3 Å². The average Bonchev–Trinajstić information content (AvgIpc) is 3.08. The van der Waals surface area contributed by atoms with Crippen LogP contribution in [0.1, 0.15) is 18.9 Å². The number of carbonyl (C=O) groups excluding carboxylic acids is 2. The topological polar surface area (TPSA) is 87.8 Å². The van der Waals surface area contributed by atoms with Gasteiger partial charge in [0, 0.05) is 12.1 Å². The number of hydrogen-bond acceptors (Lipinski definition) is 4. The van der Waals surface area contributed by atoms with E-state index >= 15 is 0 Å². The molecule has 2 aromatic rings. The Kier molecular flexibility index (Phi) is 4.97. The van der Waals surface area contributed by atoms with Gasteiger partial charge in [-0.05, 0) is 42.3 Å². The van der Waals surface area contributed by atoms with Gasteiger partial charge in [0.05, 0.1) is 5.69 Å². The normalized spacial score (nSPS) is 16.3. The number of benzene rings is 2. The van der Waals surface area contributed by atoms with Gasteiger partial charge in [0.15, 0.2) is 0 Å². The SMILES string of the molecule is CCc1ccccc1NC(=O)C1=NN(c2ccc(F)cc2)C(C(N)=O)C1. The van der Waals surface area contributed by atoms with Crippen molar-refractivity contribution < 1.29 is 14.0 Å². The van der Waals surface area contributed by atoms with Crippen LogP contribution in [0.15, 0.2) is 53.6 Å². The standard InChI is InChI=1S/C19H19FN4O2/c1-2-12-5-3-4-6-15(12)22-19(26)16-11-17(18(21)25)24(23-16)14-9-7-13(20)8-10-14/h3-10,17H,2,11H2,1H3,(H2,21,25)(H,22,26). The summed E-state index contributed by atoms with van der Waals surface area (Å²) in [5.41, 5.74) is 7.86. The molecule has 1 aliphatic rings. The summed E-state index contributed by atoms with van der Waals surface area (Å²) in [5.74, 6) is -1.39. The number of primary amides is 1. The maximum Gasteiger partial charge on any atom is 0.271 e. The minimum Gasteiger partial charge on any atom is -0.368 e. The van der Waals surface area contributed by atoms with Crippen LogP contribution in [0.3, 0.4) is 0 Å². The van der Waals surface area contributed by atoms with E-state index in [0.717, 1.165) is 12.0 Å². The van der Waals surface area contributed by atoms with Gasteiger partial charge in [-0.25, -0.2) is 4.39 Å². The number of amides is 2. The molecule has 3 rings (SSSR count). The molecule has 2 aromatic carbocycles. The summed E-state index contributed by atoms with van der Waals surface area (Å²) in [6.07, 6.45) is 0.862. The Morgan fingerprint density at radius 1 is 1.23 bits per heavy atom. The number of hydrogen-bond donors (Lipinski definition) is 2. The van der Waals surface area contributed by atoms with Crippen molar-refractivity contribution in [3.05, 3.63) is 59.9 Å². The van der Waals surface area contributed by atoms with Gasteiger partial charge in [-0.1, -0.05) is 25.1 Å². The summed E-state index contributed by atoms with van der Waals surface area (Å²) in [6.45, 7) is 2.00. The van der Waals surface area contributed by atoms with Crippen molar-refractivity contribution >= 4 is 28.9 Å². The van der Waals surface area contributed by atoms with Crippen LogP contribution in [0.4, 0.5) is 15.8 Å². The Morgan fingerprint density at radius 3 is 2.58 bits per heavy atom. The molecule has 1 unspecified atom stereocenters. The first-order valence-corrected chi connectivity index (χ1v) is 8.30. The molecule has 3 N–H and O–H groups in total. The highest BCUT2D eigenvalue weighted by molar-refractivity contribution is 6.44. The lowest BCUT2D eigenvalue weighted by Crippen LogP contribution is -2.39. The summed E-state index contributed by atoms with van der Waals surface area (Å²) in [6, 6.07) is 12.2. The Morgan fingerprint density at radius 2 is 1.92 bits per heavy atom. The highest BCUT2D eigenvalue weighted by atomic mass is 19.1. The number of aryl methyl sites for hydroxylation is 1. The molecule has 1 heterocycles. The minimum atomic E-state index is -0.789. The van der Waals surface area contributed by atoms with Crippen LogP contribution in [-0.2, 0) is 16.0 Å². The fourth-order valence-electron chi connectivity index (χ4n) is 2.85. The molecule has 6 nitrogen and oxygen atoms in total. The first-order valence-electron chi connectivity index (χ1n) is 8.30. The van der Waals surface area contributed by atoms with Crippen molar-refractivity contribution in [2.45, 2.75) is 25.8 Å². The predicted octanol–water partition coefficient (Wildman–Crippen LogP) is 2.45. The lowest BCUT2D eigenvalue weighted by atomic mass is 10.1. The van der Waals surface area contributed by atoms with Gasteiger partial charge in [-0.2, -0.15) is 5.10 Å². The molecule has 0 saturated heterocycles. The summed E-state index contributed by atoms with van der Waals surface area (Å²) < 4.78 is 13.1. The zero-order valence-corrected chi connectivity index (χ0v) is 14.3. The smallest absolute Gasteiger partial charge is 0.271 e. The summed E-state index contributed by atoms with van der Waals surface area (Å²) in [4.78, 5) is 24.4. The lowest BCUT2D eigenvalue weighted by molar-refractivity contribution is -0.119. The van der Waals surface area contributed by atoms with Gasteiger partial charge in [0.2, 0.25) is 5.91 Å². The molecule has 0 aliphatic carbocycles. The number of carbonyl (C=O) groups is 2. The van der Waals surface area contributed by atoms with Crippen LogP contribution >= 0.6 is 0 Å². The molecule has 0 radical (unpaired) electrons. The number of nitrogens with one attached hydrogen (secondary N) is 1. The molecule has 0 fully saturated rings. The molecule has 0 saturated carbocycles. The number of anilines is 2. The largest absolute Gasteiger partial charge is 0.368 e. The van der Waals surface area contributed by atoms with Crippen LogP contribution in [0, 0.1) is 5.82 Å². The number of rotatable bonds is 5. The fourth-order valence-corrected chi connectivity index (χ4v) is 2.85. The third-order valence-corrected chi connectivity index (χ3v) is 4.24. The highest BCUT2D eigenvalue weighted by Gasteiger charge is 2.35. The molecular formula is C19H19FN4O2. The molecule has 1 atom stereocenters. The number of nitrogens with two attached hydrogens (primary N) is 1. The van der Waals surface area contributed by atoms with Crippen LogP contribution in [0.5, 0.6) is 0 Å². The van der Waals surface area contributed by atoms with Crippen LogP contribution in [0.25, 0.3) is 0 Å². The van der Waals surface area contributed by atoms with Crippen molar-refractivity contribution in [3.8, 4) is 0 Å². The second-order valence-electron chi connectivity index (χ2n) is 5.95. The zero-order chi connectivity index (χ0) is 18.7. The van der Waals surface area contributed by atoms with Crippen molar-refractivity contribution in [1.82, 2.24) is 0 Å². The van der Waals surface area contributed by atoms with Crippen molar-refractivity contribution in [2.24, 2.45) is 10.8 Å². The third kappa shape index (κ3) is 3.56. The molecule has 0 aromatic heterocycles. The van der Waals surface area contributed by atoms with Gasteiger partial charge < -0.3 is 11.1 Å². The van der Waals surface area contributed by atoms with E-state index in [1.807, 2.05) is 31.2 Å². The van der Waals surface area contributed by atoms with Crippen LogP contribution in [-0.4, -0.2) is 23.6 Å². The Hall–Kier alpha value is -3.22. The Balaban J connectivity index is 1.85. The van der Waals surface area contributed by atoms with E-state index in [2.05, 4.69) is 10.4 Å². The number of nitrogens with zero attached hydrogens (tertiary/aromatic N) is 2. The highest BCUT2D eigenvalue weighted by Crippen LogP contribution is 2.25. The number of halogens is 1. The lowest BCUT2D eigenvalue weighted by Gasteiger charge is -2.20. The van der Waals surface area contributed by atoms with E-state index in [1.54, 1.807) is 0 Å². The number of para-hydroxylation sites is 1. The molecule has 1 aliphatic heterocycles. The van der Waals surface area contributed by atoms with E-state index in [-0.39, 0.29) is 18.0 Å². The summed E-state index contributed by atoms with van der Waals surface area (Å²) in [7, 11) is 0. The summed E-state index contributed by atoms with van der Waals surface area (Å²) >= 11 is 0. The zero-order valence-electron chi connectivity index (χ0n) is 14.3. The second-order valence-corrected chi connectivity index (χ2v) is 5.95. The van der Waals surface area contributed by atoms with E-state index in [0.29, 0.717) is 11.4 Å². The third-order valence-electron chi connectivity index (χ3n) is 4.24. The quantitative estimate of drug-likeness (QED) is 0.864. The second kappa shape index (κ2) is 7.35. The van der Waals surface area contributed by atoms with Gasteiger partial charge in [0.1, 0.15) is 17.6 Å². The molecular weight excluding hydrogens is 335 g/mol. The Bertz CT molecular complexity index is 864. The maximum absolute atomic E-state index is 13.1. The number of hydrazone groups is 1. The van der Waals surface area contributed by atoms with E-state index in [9.17, 15) is 14.0 Å². The molecule has 7 heteroatoms. The van der Waals surface area contributed by atoms with Gasteiger partial charge in [-0.3, -0.25) is 14.6 Å². The van der Waals surface area contributed by atoms with Gasteiger partial charge in [-0.15, -0.1) is 0 Å². The molecule has 26 heavy (non-hydrogen) atoms. The van der Waals surface area contributed by atoms with Crippen molar-refractivity contribution in [1.29, 1.82) is 0 Å². The Labute approximate surface area is 150 Å². The maximum atomic E-state index is 13.1. The molecule has 0 bridgehead atoms. The van der Waals surface area contributed by atoms with Crippen LogP contribution in [0.2, 0.25) is 0 Å². The van der Waals surface area contributed by atoms with Gasteiger partial charge in [0.25, 0.3) is 5.91 Å². The first-order chi connectivity index (χ1) is 12.5. The molecule has 2 amide bonds. The fraction of sp³-hybridized carbons (Fsp3) is 0.211. The first kappa shape index (κ1) is 17.6. The van der Waals surface area contributed by atoms with Crippen molar-refractivity contribution in [3.63, 3.8) is 0 Å². The molecule has 134 valence electrons.